The molecule has 1 heterocycles. The second-order valence-electron chi connectivity index (χ2n) is 5.99. The van der Waals surface area contributed by atoms with E-state index in [0.717, 1.165) is 5.56 Å². The Hall–Kier alpha value is -2.04. The van der Waals surface area contributed by atoms with Crippen molar-refractivity contribution >= 4 is 11.9 Å². The van der Waals surface area contributed by atoms with Crippen molar-refractivity contribution in [1.29, 1.82) is 0 Å². The molecule has 0 bridgehead atoms. The molecule has 1 aromatic carbocycles. The largest absolute Gasteiger partial charge is 0.478 e. The summed E-state index contributed by atoms with van der Waals surface area (Å²) < 4.78 is 15.7. The minimum atomic E-state index is -0.597. The second-order valence-corrected chi connectivity index (χ2v) is 5.99. The first-order chi connectivity index (χ1) is 9.80. The highest BCUT2D eigenvalue weighted by atomic mass is 16.6. The van der Waals surface area contributed by atoms with Gasteiger partial charge in [0.15, 0.2) is 6.10 Å². The van der Waals surface area contributed by atoms with Crippen molar-refractivity contribution in [3.05, 3.63) is 29.3 Å². The molecule has 0 aromatic heterocycles. The van der Waals surface area contributed by atoms with Crippen molar-refractivity contribution < 1.29 is 23.8 Å². The lowest BCUT2D eigenvalue weighted by molar-refractivity contribution is -0.164. The van der Waals surface area contributed by atoms with Gasteiger partial charge in [0.25, 0.3) is 0 Å². The number of esters is 2. The Morgan fingerprint density at radius 2 is 2.00 bits per heavy atom. The minimum Gasteiger partial charge on any atom is -0.478 e. The van der Waals surface area contributed by atoms with Crippen molar-refractivity contribution in [3.8, 4) is 5.75 Å². The smallest absolute Gasteiger partial charge is 0.347 e. The van der Waals surface area contributed by atoms with Crippen LogP contribution in [0.5, 0.6) is 5.75 Å². The number of aryl methyl sites for hydroxylation is 1. The Balaban J connectivity index is 2.11. The first-order valence-electron chi connectivity index (χ1n) is 6.91. The van der Waals surface area contributed by atoms with Gasteiger partial charge in [0.05, 0.1) is 12.7 Å². The minimum absolute atomic E-state index is 0.356. The monoisotopic (exact) mass is 292 g/mol. The summed E-state index contributed by atoms with van der Waals surface area (Å²) in [5, 5.41) is 0. The zero-order chi connectivity index (χ0) is 15.6. The highest BCUT2D eigenvalue weighted by Crippen LogP contribution is 2.29. The molecule has 1 unspecified atom stereocenters. The van der Waals surface area contributed by atoms with Gasteiger partial charge in [-0.25, -0.2) is 9.59 Å². The van der Waals surface area contributed by atoms with Crippen molar-refractivity contribution in [3.63, 3.8) is 0 Å². The average Bonchev–Trinajstić information content (AvgIpc) is 2.43. The Morgan fingerprint density at radius 3 is 2.62 bits per heavy atom. The summed E-state index contributed by atoms with van der Waals surface area (Å²) in [6.45, 7) is 5.47. The Morgan fingerprint density at radius 1 is 1.29 bits per heavy atom. The zero-order valence-electron chi connectivity index (χ0n) is 12.8. The number of hydrogen-bond acceptors (Lipinski definition) is 5. The zero-order valence-corrected chi connectivity index (χ0v) is 12.8. The molecule has 5 nitrogen and oxygen atoms in total. The predicted octanol–water partition coefficient (Wildman–Crippen LogP) is 2.51. The number of hydrogen-bond donors (Lipinski definition) is 0. The number of fused-ring (bicyclic) bond motifs is 1. The van der Waals surface area contributed by atoms with Crippen molar-refractivity contribution in [2.75, 3.05) is 7.11 Å². The van der Waals surface area contributed by atoms with E-state index in [1.54, 1.807) is 18.2 Å². The summed E-state index contributed by atoms with van der Waals surface area (Å²) in [6.07, 6.45) is 0.595. The molecule has 5 heteroatoms. The molecule has 0 amide bonds. The van der Waals surface area contributed by atoms with Gasteiger partial charge in [-0.3, -0.25) is 0 Å². The van der Waals surface area contributed by atoms with E-state index < -0.39 is 11.7 Å². The van der Waals surface area contributed by atoms with Gasteiger partial charge in [-0.1, -0.05) is 0 Å². The topological polar surface area (TPSA) is 61.8 Å². The van der Waals surface area contributed by atoms with E-state index in [4.69, 9.17) is 9.47 Å². The maximum absolute atomic E-state index is 12.0. The van der Waals surface area contributed by atoms with Crippen molar-refractivity contribution in [2.45, 2.75) is 45.3 Å². The van der Waals surface area contributed by atoms with Crippen LogP contribution < -0.4 is 4.74 Å². The summed E-state index contributed by atoms with van der Waals surface area (Å²) in [5.41, 5.74) is 0.850. The van der Waals surface area contributed by atoms with Crippen molar-refractivity contribution in [1.82, 2.24) is 0 Å². The molecule has 0 saturated heterocycles. The van der Waals surface area contributed by atoms with Crippen LogP contribution in [-0.4, -0.2) is 30.8 Å². The third kappa shape index (κ3) is 3.74. The van der Waals surface area contributed by atoms with Crippen LogP contribution in [0.15, 0.2) is 18.2 Å². The highest BCUT2D eigenvalue weighted by Gasteiger charge is 2.30. The fourth-order valence-electron chi connectivity index (χ4n) is 2.17. The fraction of sp³-hybridized carbons (Fsp3) is 0.500. The number of ether oxygens (including phenoxy) is 3. The molecule has 1 aliphatic rings. The summed E-state index contributed by atoms with van der Waals surface area (Å²) in [4.78, 5) is 23.5. The molecule has 0 aliphatic carbocycles. The number of carbonyl (C=O) groups excluding carboxylic acids is 2. The molecular formula is C16H20O5. The Kier molecular flexibility index (Phi) is 4.21. The van der Waals surface area contributed by atoms with Crippen LogP contribution in [0.1, 0.15) is 43.1 Å². The summed E-state index contributed by atoms with van der Waals surface area (Å²) in [7, 11) is 1.34. The lowest BCUT2D eigenvalue weighted by Crippen LogP contribution is -2.37. The van der Waals surface area contributed by atoms with E-state index in [9.17, 15) is 9.59 Å². The van der Waals surface area contributed by atoms with Gasteiger partial charge in [-0.15, -0.1) is 0 Å². The first-order valence-corrected chi connectivity index (χ1v) is 6.91. The highest BCUT2D eigenvalue weighted by molar-refractivity contribution is 5.89. The maximum Gasteiger partial charge on any atom is 0.347 e. The molecular weight excluding hydrogens is 272 g/mol. The average molecular weight is 292 g/mol. The molecule has 0 radical (unpaired) electrons. The first kappa shape index (κ1) is 15.4. The second kappa shape index (κ2) is 5.76. The molecule has 2 rings (SSSR count). The number of methoxy groups -OCH3 is 1. The third-order valence-corrected chi connectivity index (χ3v) is 3.10. The Bertz CT molecular complexity index is 556. The SMILES string of the molecule is COC(=O)c1ccc2c(c1)CCC(C(=O)OC(C)(C)C)O2. The molecule has 0 N–H and O–H groups in total. The van der Waals surface area contributed by atoms with Crippen LogP contribution in [0.4, 0.5) is 0 Å². The van der Waals surface area contributed by atoms with Crippen molar-refractivity contribution in [2.24, 2.45) is 0 Å². The number of rotatable bonds is 2. The van der Waals surface area contributed by atoms with E-state index in [2.05, 4.69) is 4.74 Å². The van der Waals surface area contributed by atoms with Gasteiger partial charge in [0.1, 0.15) is 11.4 Å². The van der Waals surface area contributed by atoms with E-state index in [0.29, 0.717) is 24.2 Å². The van der Waals surface area contributed by atoms with Gasteiger partial charge in [0.2, 0.25) is 0 Å². The Labute approximate surface area is 124 Å². The van der Waals surface area contributed by atoms with Crippen LogP contribution in [0, 0.1) is 0 Å². The van der Waals surface area contributed by atoms with Gasteiger partial charge in [-0.2, -0.15) is 0 Å². The van der Waals surface area contributed by atoms with Crippen LogP contribution in [0.3, 0.4) is 0 Å². The maximum atomic E-state index is 12.0. The van der Waals surface area contributed by atoms with Gasteiger partial charge in [0, 0.05) is 0 Å². The molecule has 21 heavy (non-hydrogen) atoms. The molecule has 1 aromatic rings. The molecule has 1 atom stereocenters. The van der Waals surface area contributed by atoms with Gasteiger partial charge < -0.3 is 14.2 Å². The summed E-state index contributed by atoms with van der Waals surface area (Å²) >= 11 is 0. The predicted molar refractivity (Wildman–Crippen MR) is 76.4 cm³/mol. The molecule has 114 valence electrons. The summed E-state index contributed by atoms with van der Waals surface area (Å²) in [6, 6.07) is 5.06. The standard InChI is InChI=1S/C16H20O5/c1-16(2,3)21-15(18)13-8-5-10-9-11(14(17)19-4)6-7-12(10)20-13/h6-7,9,13H,5,8H2,1-4H3. The van der Waals surface area contributed by atoms with Crippen LogP contribution in [0.2, 0.25) is 0 Å². The van der Waals surface area contributed by atoms with E-state index in [1.807, 2.05) is 20.8 Å². The third-order valence-electron chi connectivity index (χ3n) is 3.10. The summed E-state index contributed by atoms with van der Waals surface area (Å²) in [5.74, 6) is -0.123. The molecule has 0 spiro atoms. The van der Waals surface area contributed by atoms with Crippen LogP contribution in [-0.2, 0) is 20.7 Å². The number of benzene rings is 1. The lowest BCUT2D eigenvalue weighted by Gasteiger charge is -2.28. The van der Waals surface area contributed by atoms with Gasteiger partial charge in [-0.05, 0) is 57.4 Å². The molecule has 0 fully saturated rings. The lowest BCUT2D eigenvalue weighted by atomic mass is 10.00. The van der Waals surface area contributed by atoms with E-state index in [1.165, 1.54) is 7.11 Å². The molecule has 0 saturated carbocycles. The van der Waals surface area contributed by atoms with Crippen LogP contribution >= 0.6 is 0 Å². The van der Waals surface area contributed by atoms with Gasteiger partial charge >= 0.3 is 11.9 Å². The van der Waals surface area contributed by atoms with Crippen LogP contribution in [0.25, 0.3) is 0 Å². The van der Waals surface area contributed by atoms with E-state index in [-0.39, 0.29) is 11.9 Å². The fourth-order valence-corrected chi connectivity index (χ4v) is 2.17. The normalized spacial score (nSPS) is 17.4. The molecule has 1 aliphatic heterocycles. The number of carbonyl (C=O) groups is 2. The van der Waals surface area contributed by atoms with E-state index >= 15 is 0 Å². The quantitative estimate of drug-likeness (QED) is 0.784.